The van der Waals surface area contributed by atoms with Gasteiger partial charge in [-0.2, -0.15) is 0 Å². The van der Waals surface area contributed by atoms with Crippen LogP contribution in [0.4, 0.5) is 5.69 Å². The van der Waals surface area contributed by atoms with Gasteiger partial charge in [-0.15, -0.1) is 12.4 Å². The van der Waals surface area contributed by atoms with Crippen LogP contribution in [0.2, 0.25) is 0 Å². The highest BCUT2D eigenvalue weighted by atomic mass is 35.5. The van der Waals surface area contributed by atoms with Crippen LogP contribution in [0.5, 0.6) is 5.75 Å². The first kappa shape index (κ1) is 18.2. The number of ether oxygens (including phenoxy) is 2. The minimum absolute atomic E-state index is 0. The van der Waals surface area contributed by atoms with Crippen molar-refractivity contribution in [3.63, 3.8) is 0 Å². The van der Waals surface area contributed by atoms with Crippen LogP contribution in [-0.4, -0.2) is 49.1 Å². The number of nitro groups is 1. The Morgan fingerprint density at radius 1 is 1.36 bits per heavy atom. The summed E-state index contributed by atoms with van der Waals surface area (Å²) in [6.45, 7) is 3.23. The molecule has 1 aromatic carbocycles. The third-order valence-electron chi connectivity index (χ3n) is 3.44. The number of methoxy groups -OCH3 is 1. The lowest BCUT2D eigenvalue weighted by atomic mass is 10.2. The number of hydrogen-bond donors (Lipinski definition) is 0. The van der Waals surface area contributed by atoms with Crippen LogP contribution < -0.4 is 4.74 Å². The average molecular weight is 331 g/mol. The van der Waals surface area contributed by atoms with Crippen molar-refractivity contribution in [1.82, 2.24) is 4.90 Å². The van der Waals surface area contributed by atoms with Crippen LogP contribution in [-0.2, 0) is 4.74 Å². The summed E-state index contributed by atoms with van der Waals surface area (Å²) in [6.07, 6.45) is 2.38. The number of rotatable bonds is 6. The molecule has 1 saturated heterocycles. The zero-order valence-electron chi connectivity index (χ0n) is 12.3. The van der Waals surface area contributed by atoms with Gasteiger partial charge < -0.3 is 9.47 Å². The lowest BCUT2D eigenvalue weighted by molar-refractivity contribution is -0.385. The highest BCUT2D eigenvalue weighted by Crippen LogP contribution is 2.28. The molecule has 7 nitrogen and oxygen atoms in total. The lowest BCUT2D eigenvalue weighted by Crippen LogP contribution is -2.25. The van der Waals surface area contributed by atoms with Gasteiger partial charge in [-0.25, -0.2) is 4.79 Å². The fraction of sp³-hybridized carbons (Fsp3) is 0.500. The van der Waals surface area contributed by atoms with E-state index in [4.69, 9.17) is 4.74 Å². The smallest absolute Gasteiger partial charge is 0.338 e. The molecule has 0 bridgehead atoms. The van der Waals surface area contributed by atoms with Crippen LogP contribution in [0.1, 0.15) is 23.2 Å². The molecule has 1 aromatic rings. The van der Waals surface area contributed by atoms with Crippen molar-refractivity contribution in [2.75, 3.05) is 33.4 Å². The van der Waals surface area contributed by atoms with Gasteiger partial charge in [0.05, 0.1) is 17.6 Å². The molecule has 0 saturated carbocycles. The van der Waals surface area contributed by atoms with E-state index in [1.807, 2.05) is 0 Å². The van der Waals surface area contributed by atoms with Gasteiger partial charge in [-0.05, 0) is 38.1 Å². The van der Waals surface area contributed by atoms with E-state index in [1.165, 1.54) is 38.2 Å². The second-order valence-corrected chi connectivity index (χ2v) is 4.83. The Balaban J connectivity index is 0.00000242. The third kappa shape index (κ3) is 4.57. The normalized spacial score (nSPS) is 14.2. The van der Waals surface area contributed by atoms with E-state index in [2.05, 4.69) is 9.64 Å². The van der Waals surface area contributed by atoms with Crippen molar-refractivity contribution in [2.24, 2.45) is 0 Å². The first-order chi connectivity index (χ1) is 10.1. The largest absolute Gasteiger partial charge is 0.485 e. The maximum absolute atomic E-state index is 11.4. The number of esters is 1. The standard InChI is InChI=1S/C14H18N2O5.ClH/c1-20-14(17)11-4-5-13(12(10-11)16(18)19)21-9-8-15-6-2-3-7-15;/h4-5,10H,2-3,6-9H2,1H3;1H. The molecule has 0 amide bonds. The van der Waals surface area contributed by atoms with Gasteiger partial charge in [0, 0.05) is 12.6 Å². The average Bonchev–Trinajstić information content (AvgIpc) is 2.99. The molecule has 0 aromatic heterocycles. The first-order valence-corrected chi connectivity index (χ1v) is 6.83. The van der Waals surface area contributed by atoms with Crippen molar-refractivity contribution >= 4 is 24.1 Å². The van der Waals surface area contributed by atoms with Gasteiger partial charge in [0.2, 0.25) is 0 Å². The van der Waals surface area contributed by atoms with Crippen molar-refractivity contribution in [3.05, 3.63) is 33.9 Å². The van der Waals surface area contributed by atoms with Crippen molar-refractivity contribution in [1.29, 1.82) is 0 Å². The molecule has 2 rings (SSSR count). The number of likely N-dealkylation sites (tertiary alicyclic amines) is 1. The number of nitrogens with zero attached hydrogens (tertiary/aromatic N) is 2. The van der Waals surface area contributed by atoms with E-state index >= 15 is 0 Å². The van der Waals surface area contributed by atoms with Gasteiger partial charge in [0.1, 0.15) is 6.61 Å². The Morgan fingerprint density at radius 2 is 2.05 bits per heavy atom. The van der Waals surface area contributed by atoms with Crippen molar-refractivity contribution in [3.8, 4) is 5.75 Å². The molecule has 122 valence electrons. The van der Waals surface area contributed by atoms with E-state index in [9.17, 15) is 14.9 Å². The summed E-state index contributed by atoms with van der Waals surface area (Å²) in [6, 6.07) is 4.08. The molecule has 0 spiro atoms. The number of carbonyl (C=O) groups excluding carboxylic acids is 1. The van der Waals surface area contributed by atoms with E-state index in [0.717, 1.165) is 19.6 Å². The van der Waals surface area contributed by atoms with Crippen LogP contribution in [0.25, 0.3) is 0 Å². The van der Waals surface area contributed by atoms with Crippen LogP contribution in [0.3, 0.4) is 0 Å². The van der Waals surface area contributed by atoms with Gasteiger partial charge in [0.15, 0.2) is 5.75 Å². The highest BCUT2D eigenvalue weighted by molar-refractivity contribution is 5.90. The van der Waals surface area contributed by atoms with E-state index in [-0.39, 0.29) is 29.4 Å². The molecule has 1 aliphatic heterocycles. The van der Waals surface area contributed by atoms with Crippen LogP contribution in [0.15, 0.2) is 18.2 Å². The molecule has 8 heteroatoms. The van der Waals surface area contributed by atoms with E-state index in [0.29, 0.717) is 6.61 Å². The SMILES string of the molecule is COC(=O)c1ccc(OCCN2CCCC2)c([N+](=O)[O-])c1.Cl. The maximum Gasteiger partial charge on any atom is 0.338 e. The Labute approximate surface area is 134 Å². The van der Waals surface area contributed by atoms with Gasteiger partial charge >= 0.3 is 11.7 Å². The number of hydrogen-bond acceptors (Lipinski definition) is 6. The Hall–Kier alpha value is -1.86. The molecule has 0 aliphatic carbocycles. The molecule has 0 N–H and O–H groups in total. The van der Waals surface area contributed by atoms with Gasteiger partial charge in [-0.3, -0.25) is 15.0 Å². The summed E-state index contributed by atoms with van der Waals surface area (Å²) in [7, 11) is 1.23. The summed E-state index contributed by atoms with van der Waals surface area (Å²) >= 11 is 0. The van der Waals surface area contributed by atoms with Crippen molar-refractivity contribution in [2.45, 2.75) is 12.8 Å². The summed E-state index contributed by atoms with van der Waals surface area (Å²) in [4.78, 5) is 24.2. The predicted molar refractivity (Wildman–Crippen MR) is 82.9 cm³/mol. The fourth-order valence-electron chi connectivity index (χ4n) is 2.32. The third-order valence-corrected chi connectivity index (χ3v) is 3.44. The van der Waals surface area contributed by atoms with Crippen LogP contribution >= 0.6 is 12.4 Å². The number of carbonyl (C=O) groups is 1. The number of nitro benzene ring substituents is 1. The zero-order chi connectivity index (χ0) is 15.2. The first-order valence-electron chi connectivity index (χ1n) is 6.83. The van der Waals surface area contributed by atoms with Gasteiger partial charge in [-0.1, -0.05) is 0 Å². The molecule has 0 radical (unpaired) electrons. The Kier molecular flexibility index (Phi) is 7.07. The minimum atomic E-state index is -0.610. The molecule has 22 heavy (non-hydrogen) atoms. The van der Waals surface area contributed by atoms with Crippen LogP contribution in [0, 0.1) is 10.1 Å². The van der Waals surface area contributed by atoms with E-state index < -0.39 is 10.9 Å². The second-order valence-electron chi connectivity index (χ2n) is 4.83. The highest BCUT2D eigenvalue weighted by Gasteiger charge is 2.19. The second kappa shape index (κ2) is 8.55. The predicted octanol–water partition coefficient (Wildman–Crippen LogP) is 2.28. The minimum Gasteiger partial charge on any atom is -0.485 e. The topological polar surface area (TPSA) is 81.9 Å². The Bertz CT molecular complexity index is 532. The zero-order valence-corrected chi connectivity index (χ0v) is 13.1. The van der Waals surface area contributed by atoms with Gasteiger partial charge in [0.25, 0.3) is 0 Å². The molecule has 0 unspecified atom stereocenters. The maximum atomic E-state index is 11.4. The molecular weight excluding hydrogens is 312 g/mol. The monoisotopic (exact) mass is 330 g/mol. The van der Waals surface area contributed by atoms with E-state index in [1.54, 1.807) is 0 Å². The van der Waals surface area contributed by atoms with Crippen molar-refractivity contribution < 1.29 is 19.2 Å². The molecular formula is C14H19ClN2O5. The quantitative estimate of drug-likeness (QED) is 0.452. The molecule has 1 aliphatic rings. The molecule has 0 atom stereocenters. The summed E-state index contributed by atoms with van der Waals surface area (Å²) in [5.41, 5.74) is -0.0876. The number of halogens is 1. The number of benzene rings is 1. The lowest BCUT2D eigenvalue weighted by Gasteiger charge is -2.15. The fourth-order valence-corrected chi connectivity index (χ4v) is 2.32. The molecule has 1 fully saturated rings. The molecule has 1 heterocycles. The summed E-state index contributed by atoms with van der Waals surface area (Å²) in [5, 5.41) is 11.1. The summed E-state index contributed by atoms with van der Waals surface area (Å²) in [5.74, 6) is -0.437. The Morgan fingerprint density at radius 3 is 2.64 bits per heavy atom. The summed E-state index contributed by atoms with van der Waals surface area (Å²) < 4.78 is 10.0.